The Morgan fingerprint density at radius 3 is 1.95 bits per heavy atom. The van der Waals surface area contributed by atoms with Gasteiger partial charge in [-0.05, 0) is 48.7 Å². The molecule has 0 N–H and O–H groups in total. The Kier molecular flexibility index (Phi) is 7.27. The van der Waals surface area contributed by atoms with Crippen molar-refractivity contribution in [2.75, 3.05) is 6.61 Å². The molecule has 1 aliphatic carbocycles. The molecule has 20 heavy (non-hydrogen) atoms. The van der Waals surface area contributed by atoms with Crippen LogP contribution in [-0.4, -0.2) is 20.4 Å². The van der Waals surface area contributed by atoms with Gasteiger partial charge < -0.3 is 4.74 Å². The molecule has 1 aliphatic rings. The lowest BCUT2D eigenvalue weighted by Gasteiger charge is -2.49. The third kappa shape index (κ3) is 3.68. The Balaban J connectivity index is 3.01. The molecule has 0 aromatic carbocycles. The van der Waals surface area contributed by atoms with E-state index < -0.39 is 8.07 Å². The lowest BCUT2D eigenvalue weighted by molar-refractivity contribution is 0.0912. The maximum Gasteiger partial charge on any atom is 0.0951 e. The second kappa shape index (κ2) is 7.98. The average molecular weight is 298 g/mol. The van der Waals surface area contributed by atoms with Gasteiger partial charge in [-0.1, -0.05) is 54.4 Å². The topological polar surface area (TPSA) is 9.23 Å². The molecule has 0 aromatic rings. The van der Waals surface area contributed by atoms with Gasteiger partial charge in [-0.15, -0.1) is 0 Å². The zero-order valence-electron chi connectivity index (χ0n) is 14.9. The minimum absolute atomic E-state index is 0.534. The van der Waals surface area contributed by atoms with Gasteiger partial charge in [0, 0.05) is 12.3 Å². The highest BCUT2D eigenvalue weighted by atomic mass is 28.3. The van der Waals surface area contributed by atoms with Gasteiger partial charge in [0.15, 0.2) is 0 Å². The van der Waals surface area contributed by atoms with E-state index in [1.165, 1.54) is 25.7 Å². The molecule has 119 valence electrons. The Hall–Kier alpha value is 0.177. The summed E-state index contributed by atoms with van der Waals surface area (Å²) in [5.74, 6) is 0.815. The number of ether oxygens (including phenoxy) is 1. The van der Waals surface area contributed by atoms with Crippen LogP contribution in [0.2, 0.25) is 16.6 Å². The van der Waals surface area contributed by atoms with Crippen LogP contribution < -0.4 is 0 Å². The number of hydrogen-bond donors (Lipinski definition) is 0. The largest absolute Gasteiger partial charge is 0.382 e. The zero-order valence-corrected chi connectivity index (χ0v) is 15.9. The molecule has 0 bridgehead atoms. The smallest absolute Gasteiger partial charge is 0.0951 e. The van der Waals surface area contributed by atoms with Gasteiger partial charge >= 0.3 is 0 Å². The maximum absolute atomic E-state index is 6.40. The van der Waals surface area contributed by atoms with E-state index in [2.05, 4.69) is 54.9 Å². The highest BCUT2D eigenvalue weighted by Crippen LogP contribution is 2.47. The van der Waals surface area contributed by atoms with E-state index in [1.807, 2.05) is 0 Å². The molecule has 1 nitrogen and oxygen atoms in total. The van der Waals surface area contributed by atoms with E-state index in [9.17, 15) is 0 Å². The molecular weight excluding hydrogens is 260 g/mol. The molecule has 2 heteroatoms. The monoisotopic (exact) mass is 297 g/mol. The van der Waals surface area contributed by atoms with Crippen LogP contribution in [0.5, 0.6) is 0 Å². The summed E-state index contributed by atoms with van der Waals surface area (Å²) in [6.07, 6.45) is 7.95. The molecule has 1 saturated carbocycles. The van der Waals surface area contributed by atoms with Crippen LogP contribution in [0.25, 0.3) is 0 Å². The Labute approximate surface area is 128 Å². The third-order valence-corrected chi connectivity index (χ3v) is 13.2. The highest BCUT2D eigenvalue weighted by Gasteiger charge is 2.50. The summed E-state index contributed by atoms with van der Waals surface area (Å²) in [6, 6.07) is 0. The van der Waals surface area contributed by atoms with Crippen LogP contribution in [0.15, 0.2) is 0 Å². The van der Waals surface area contributed by atoms with Crippen molar-refractivity contribution < 1.29 is 4.74 Å². The fourth-order valence-electron chi connectivity index (χ4n) is 5.07. The van der Waals surface area contributed by atoms with Gasteiger partial charge in [0.05, 0.1) is 8.07 Å². The van der Waals surface area contributed by atoms with Gasteiger partial charge in [0.1, 0.15) is 0 Å². The van der Waals surface area contributed by atoms with Crippen molar-refractivity contribution in [2.24, 2.45) is 5.92 Å². The molecule has 0 heterocycles. The molecule has 0 saturated heterocycles. The van der Waals surface area contributed by atoms with Crippen molar-refractivity contribution in [3.8, 4) is 0 Å². The quantitative estimate of drug-likeness (QED) is 0.499. The SMILES string of the molecule is CCOC(CC1[CH]CCC1)[Si](C(C)C)(C(C)C)C(C)C. The third-order valence-electron chi connectivity index (χ3n) is 5.72. The molecule has 1 rings (SSSR count). The molecule has 1 radical (unpaired) electrons. The van der Waals surface area contributed by atoms with Crippen molar-refractivity contribution in [2.45, 2.75) is 96.5 Å². The maximum atomic E-state index is 6.40. The first-order valence-electron chi connectivity index (χ1n) is 8.82. The second-order valence-electron chi connectivity index (χ2n) is 7.57. The minimum Gasteiger partial charge on any atom is -0.382 e. The van der Waals surface area contributed by atoms with Gasteiger partial charge in [-0.2, -0.15) is 0 Å². The fraction of sp³-hybridized carbons (Fsp3) is 0.944. The first-order chi connectivity index (χ1) is 9.37. The summed E-state index contributed by atoms with van der Waals surface area (Å²) in [6.45, 7) is 17.8. The van der Waals surface area contributed by atoms with E-state index >= 15 is 0 Å². The lowest BCUT2D eigenvalue weighted by atomic mass is 10.1. The summed E-state index contributed by atoms with van der Waals surface area (Å²) >= 11 is 0. The summed E-state index contributed by atoms with van der Waals surface area (Å²) < 4.78 is 6.40. The lowest BCUT2D eigenvalue weighted by Crippen LogP contribution is -2.57. The van der Waals surface area contributed by atoms with Crippen LogP contribution in [0.4, 0.5) is 0 Å². The Morgan fingerprint density at radius 1 is 1.05 bits per heavy atom. The predicted octanol–water partition coefficient (Wildman–Crippen LogP) is 6.00. The van der Waals surface area contributed by atoms with E-state index in [0.717, 1.165) is 29.1 Å². The van der Waals surface area contributed by atoms with Crippen LogP contribution in [0.1, 0.15) is 74.1 Å². The van der Waals surface area contributed by atoms with E-state index in [4.69, 9.17) is 4.74 Å². The van der Waals surface area contributed by atoms with Crippen LogP contribution in [0.3, 0.4) is 0 Å². The van der Waals surface area contributed by atoms with Gasteiger partial charge in [0.25, 0.3) is 0 Å². The first-order valence-corrected chi connectivity index (χ1v) is 11.1. The fourth-order valence-corrected chi connectivity index (χ4v) is 12.5. The van der Waals surface area contributed by atoms with Crippen LogP contribution in [0, 0.1) is 12.3 Å². The van der Waals surface area contributed by atoms with Crippen molar-refractivity contribution in [1.29, 1.82) is 0 Å². The summed E-state index contributed by atoms with van der Waals surface area (Å²) in [5, 5.41) is 0. The minimum atomic E-state index is -1.49. The summed E-state index contributed by atoms with van der Waals surface area (Å²) in [4.78, 5) is 0. The number of hydrogen-bond acceptors (Lipinski definition) is 1. The normalized spacial score (nSPS) is 19.5. The van der Waals surface area contributed by atoms with Crippen molar-refractivity contribution in [3.63, 3.8) is 0 Å². The zero-order chi connectivity index (χ0) is 15.3. The van der Waals surface area contributed by atoms with Crippen LogP contribution in [-0.2, 0) is 4.74 Å². The highest BCUT2D eigenvalue weighted by molar-refractivity contribution is 6.84. The van der Waals surface area contributed by atoms with Crippen LogP contribution >= 0.6 is 0 Å². The Bertz CT molecular complexity index is 245. The van der Waals surface area contributed by atoms with Crippen molar-refractivity contribution in [1.82, 2.24) is 0 Å². The molecular formula is C18H37OSi. The van der Waals surface area contributed by atoms with E-state index in [0.29, 0.717) is 5.73 Å². The molecule has 0 aromatic heterocycles. The first kappa shape index (κ1) is 18.2. The van der Waals surface area contributed by atoms with E-state index in [1.54, 1.807) is 0 Å². The molecule has 0 aliphatic heterocycles. The molecule has 0 spiro atoms. The van der Waals surface area contributed by atoms with Crippen molar-refractivity contribution in [3.05, 3.63) is 6.42 Å². The van der Waals surface area contributed by atoms with Gasteiger partial charge in [-0.25, -0.2) is 0 Å². The summed E-state index contributed by atoms with van der Waals surface area (Å²) in [5.41, 5.74) is 2.91. The molecule has 0 amide bonds. The standard InChI is InChI=1S/C18H37OSi/c1-8-19-18(13-17-11-9-10-12-17)20(14(2)3,15(4)5)16(6)7/h11,14-18H,8-10,12-13H2,1-7H3. The number of rotatable bonds is 8. The second-order valence-corrected chi connectivity index (χ2v) is 13.7. The van der Waals surface area contributed by atoms with E-state index in [-0.39, 0.29) is 0 Å². The predicted molar refractivity (Wildman–Crippen MR) is 92.7 cm³/mol. The molecule has 2 atom stereocenters. The molecule has 1 fully saturated rings. The average Bonchev–Trinajstić information content (AvgIpc) is 2.81. The molecule has 2 unspecified atom stereocenters. The Morgan fingerprint density at radius 2 is 1.60 bits per heavy atom. The summed E-state index contributed by atoms with van der Waals surface area (Å²) in [7, 11) is -1.49. The van der Waals surface area contributed by atoms with Gasteiger partial charge in [0.2, 0.25) is 0 Å². The van der Waals surface area contributed by atoms with Crippen molar-refractivity contribution >= 4 is 8.07 Å². The van der Waals surface area contributed by atoms with Gasteiger partial charge in [-0.3, -0.25) is 0 Å².